The molecule has 0 bridgehead atoms. The topological polar surface area (TPSA) is 96.5 Å². The molecule has 3 aromatic rings. The van der Waals surface area contributed by atoms with E-state index in [1.807, 2.05) is 42.5 Å². The molecule has 3 heterocycles. The first kappa shape index (κ1) is 25.3. The number of esters is 1. The SMILES string of the molecule is CCCCSC1=NN2C(=c3cc(Br)ccc3=N[C@H]2c2ccc(-c3ccc(C(=O)OCC)cc3)o2)C(=O)N1. The highest BCUT2D eigenvalue weighted by atomic mass is 79.9. The lowest BCUT2D eigenvalue weighted by Crippen LogP contribution is -2.50. The monoisotopic (exact) mass is 580 g/mol. The smallest absolute Gasteiger partial charge is 0.338 e. The first-order chi connectivity index (χ1) is 18.0. The summed E-state index contributed by atoms with van der Waals surface area (Å²) in [5.41, 5.74) is 1.70. The number of hydrogen-bond acceptors (Lipinski definition) is 8. The van der Waals surface area contributed by atoms with E-state index in [0.717, 1.165) is 28.6 Å². The number of carbonyl (C=O) groups excluding carboxylic acids is 2. The van der Waals surface area contributed by atoms with Crippen LogP contribution in [0.4, 0.5) is 0 Å². The number of amidine groups is 1. The first-order valence-electron chi connectivity index (χ1n) is 12.1. The minimum atomic E-state index is -0.649. The lowest BCUT2D eigenvalue weighted by Gasteiger charge is -2.32. The molecular weight excluding hydrogens is 556 g/mol. The fourth-order valence-corrected chi connectivity index (χ4v) is 5.34. The molecule has 1 amide bonds. The lowest BCUT2D eigenvalue weighted by atomic mass is 10.1. The van der Waals surface area contributed by atoms with Crippen LogP contribution in [0.5, 0.6) is 0 Å². The molecule has 0 unspecified atom stereocenters. The van der Waals surface area contributed by atoms with Crippen LogP contribution in [0.1, 0.15) is 49.0 Å². The summed E-state index contributed by atoms with van der Waals surface area (Å²) in [4.78, 5) is 30.2. The van der Waals surface area contributed by atoms with E-state index in [0.29, 0.717) is 45.1 Å². The quantitative estimate of drug-likeness (QED) is 0.325. The molecule has 8 nitrogen and oxygen atoms in total. The third-order valence-corrected chi connectivity index (χ3v) is 7.31. The van der Waals surface area contributed by atoms with Gasteiger partial charge in [0, 0.05) is 21.0 Å². The van der Waals surface area contributed by atoms with Crippen LogP contribution in [-0.4, -0.2) is 34.4 Å². The van der Waals surface area contributed by atoms with Gasteiger partial charge in [-0.25, -0.2) is 14.8 Å². The fourth-order valence-electron chi connectivity index (χ4n) is 4.05. The Bertz CT molecular complexity index is 1500. The molecule has 0 fully saturated rings. The number of rotatable bonds is 7. The molecule has 190 valence electrons. The molecule has 1 N–H and O–H groups in total. The standard InChI is InChI=1S/C27H25BrN4O4S/c1-3-5-14-37-27-30-25(33)23-19-15-18(28)10-11-20(19)29-24(32(23)31-27)22-13-12-21(36-22)16-6-8-17(9-7-16)26(34)35-4-2/h6-13,15,24H,3-5,14H2,1-2H3,(H,30,31,33)/t24-/m1/s1. The van der Waals surface area contributed by atoms with Crippen LogP contribution in [0.25, 0.3) is 17.0 Å². The van der Waals surface area contributed by atoms with Crippen molar-refractivity contribution in [3.63, 3.8) is 0 Å². The van der Waals surface area contributed by atoms with Crippen LogP contribution >= 0.6 is 27.7 Å². The third kappa shape index (κ3) is 5.21. The highest BCUT2D eigenvalue weighted by Crippen LogP contribution is 2.34. The van der Waals surface area contributed by atoms with Gasteiger partial charge in [-0.3, -0.25) is 10.1 Å². The summed E-state index contributed by atoms with van der Waals surface area (Å²) in [6.45, 7) is 4.22. The normalized spacial score (nSPS) is 16.4. The number of nitrogens with zero attached hydrogens (tertiary/aromatic N) is 3. The summed E-state index contributed by atoms with van der Waals surface area (Å²) >= 11 is 5.02. The number of hydrogen-bond donors (Lipinski definition) is 1. The molecule has 37 heavy (non-hydrogen) atoms. The van der Waals surface area contributed by atoms with Gasteiger partial charge in [0.1, 0.15) is 11.5 Å². The zero-order valence-electron chi connectivity index (χ0n) is 20.4. The van der Waals surface area contributed by atoms with Gasteiger partial charge in [-0.05, 0) is 55.8 Å². The van der Waals surface area contributed by atoms with Crippen molar-refractivity contribution in [3.8, 4) is 11.3 Å². The fraction of sp³-hybridized carbons (Fsp3) is 0.259. The molecule has 0 radical (unpaired) electrons. The highest BCUT2D eigenvalue weighted by Gasteiger charge is 2.36. The van der Waals surface area contributed by atoms with Crippen LogP contribution in [0, 0.1) is 0 Å². The van der Waals surface area contributed by atoms with E-state index in [-0.39, 0.29) is 11.9 Å². The van der Waals surface area contributed by atoms with Gasteiger partial charge in [-0.15, -0.1) is 5.10 Å². The molecule has 0 aliphatic carbocycles. The predicted molar refractivity (Wildman–Crippen MR) is 146 cm³/mol. The van der Waals surface area contributed by atoms with Gasteiger partial charge < -0.3 is 9.15 Å². The van der Waals surface area contributed by atoms with Crippen LogP contribution in [0.15, 0.2) is 73.6 Å². The van der Waals surface area contributed by atoms with E-state index >= 15 is 0 Å². The average Bonchev–Trinajstić information content (AvgIpc) is 3.38. The number of unbranched alkanes of at least 4 members (excludes halogenated alkanes) is 1. The van der Waals surface area contributed by atoms with Gasteiger partial charge in [0.15, 0.2) is 10.9 Å². The zero-order valence-corrected chi connectivity index (χ0v) is 22.8. The molecule has 5 rings (SSSR count). The molecule has 10 heteroatoms. The van der Waals surface area contributed by atoms with E-state index in [9.17, 15) is 9.59 Å². The molecule has 0 saturated heterocycles. The maximum absolute atomic E-state index is 13.3. The van der Waals surface area contributed by atoms with Gasteiger partial charge in [-0.2, -0.15) is 0 Å². The van der Waals surface area contributed by atoms with Crippen molar-refractivity contribution in [2.45, 2.75) is 32.9 Å². The van der Waals surface area contributed by atoms with Gasteiger partial charge in [0.25, 0.3) is 5.91 Å². The molecule has 0 spiro atoms. The third-order valence-electron chi connectivity index (χ3n) is 5.87. The first-order valence-corrected chi connectivity index (χ1v) is 13.8. The van der Waals surface area contributed by atoms with E-state index in [1.54, 1.807) is 24.1 Å². The van der Waals surface area contributed by atoms with Gasteiger partial charge >= 0.3 is 5.97 Å². The number of amides is 1. The van der Waals surface area contributed by atoms with Crippen molar-refractivity contribution in [2.75, 3.05) is 12.4 Å². The Hall–Kier alpha value is -3.37. The number of furan rings is 1. The van der Waals surface area contributed by atoms with Crippen molar-refractivity contribution in [1.29, 1.82) is 0 Å². The maximum atomic E-state index is 13.3. The Morgan fingerprint density at radius 1 is 1.16 bits per heavy atom. The van der Waals surface area contributed by atoms with Gasteiger partial charge in [0.05, 0.1) is 17.5 Å². The summed E-state index contributed by atoms with van der Waals surface area (Å²) in [6, 6.07) is 16.4. The van der Waals surface area contributed by atoms with Crippen LogP contribution in [-0.2, 0) is 9.53 Å². The van der Waals surface area contributed by atoms with E-state index < -0.39 is 6.17 Å². The predicted octanol–water partition coefficient (Wildman–Crippen LogP) is 4.56. The largest absolute Gasteiger partial charge is 0.462 e. The summed E-state index contributed by atoms with van der Waals surface area (Å²) < 4.78 is 12.1. The second-order valence-corrected chi connectivity index (χ2v) is 10.4. The summed E-state index contributed by atoms with van der Waals surface area (Å²) in [5, 5.41) is 11.3. The van der Waals surface area contributed by atoms with Crippen LogP contribution in [0.3, 0.4) is 0 Å². The zero-order chi connectivity index (χ0) is 25.9. The number of carbonyl (C=O) groups is 2. The minimum absolute atomic E-state index is 0.227. The molecule has 1 atom stereocenters. The summed E-state index contributed by atoms with van der Waals surface area (Å²) in [6.07, 6.45) is 1.44. The van der Waals surface area contributed by atoms with Crippen molar-refractivity contribution in [3.05, 3.63) is 81.0 Å². The Morgan fingerprint density at radius 3 is 2.73 bits per heavy atom. The van der Waals surface area contributed by atoms with Gasteiger partial charge in [-0.1, -0.05) is 53.2 Å². The molecular formula is C27H25BrN4O4S. The average molecular weight is 581 g/mol. The Kier molecular flexibility index (Phi) is 7.48. The second-order valence-electron chi connectivity index (χ2n) is 8.42. The minimum Gasteiger partial charge on any atom is -0.462 e. The van der Waals surface area contributed by atoms with Crippen molar-refractivity contribution in [2.24, 2.45) is 10.1 Å². The number of halogens is 1. The lowest BCUT2D eigenvalue weighted by molar-refractivity contribution is -0.116. The van der Waals surface area contributed by atoms with Gasteiger partial charge in [0.2, 0.25) is 6.17 Å². The van der Waals surface area contributed by atoms with E-state index in [2.05, 4.69) is 28.2 Å². The molecule has 2 aliphatic rings. The molecule has 2 aliphatic heterocycles. The number of ether oxygens (including phenoxy) is 1. The van der Waals surface area contributed by atoms with Crippen molar-refractivity contribution in [1.82, 2.24) is 10.3 Å². The second kappa shape index (κ2) is 10.9. The highest BCUT2D eigenvalue weighted by molar-refractivity contribution is 9.10. The Morgan fingerprint density at radius 2 is 1.97 bits per heavy atom. The maximum Gasteiger partial charge on any atom is 0.338 e. The van der Waals surface area contributed by atoms with Crippen molar-refractivity contribution >= 4 is 50.4 Å². The number of nitrogens with one attached hydrogen (secondary N) is 1. The summed E-state index contributed by atoms with van der Waals surface area (Å²) in [5.74, 6) is 1.43. The number of benzene rings is 2. The van der Waals surface area contributed by atoms with Crippen LogP contribution < -0.4 is 15.9 Å². The number of thioether (sulfide) groups is 1. The van der Waals surface area contributed by atoms with Crippen LogP contribution in [0.2, 0.25) is 0 Å². The van der Waals surface area contributed by atoms with Crippen molar-refractivity contribution < 1.29 is 18.7 Å². The summed E-state index contributed by atoms with van der Waals surface area (Å²) in [7, 11) is 0. The number of hydrazone groups is 1. The van der Waals surface area contributed by atoms with E-state index in [1.165, 1.54) is 11.8 Å². The molecule has 1 aromatic heterocycles. The number of fused-ring (bicyclic) bond motifs is 2. The Balaban J connectivity index is 1.52. The van der Waals surface area contributed by atoms with E-state index in [4.69, 9.17) is 19.2 Å². The molecule has 0 saturated carbocycles. The Labute approximate surface area is 226 Å². The molecule has 2 aromatic carbocycles.